The Balaban J connectivity index is 3.77. The van der Waals surface area contributed by atoms with Crippen molar-refractivity contribution < 1.29 is 4.74 Å². The van der Waals surface area contributed by atoms with Crippen molar-refractivity contribution in [3.05, 3.63) is 0 Å². The van der Waals surface area contributed by atoms with Crippen molar-refractivity contribution in [1.29, 1.82) is 0 Å². The lowest BCUT2D eigenvalue weighted by Crippen LogP contribution is -2.34. The maximum absolute atomic E-state index is 5.43. The largest absolute Gasteiger partial charge is 0.379 e. The molecule has 0 radical (unpaired) electrons. The molecule has 2 nitrogen and oxygen atoms in total. The van der Waals surface area contributed by atoms with Gasteiger partial charge in [-0.15, -0.1) is 0 Å². The first-order chi connectivity index (χ1) is 6.93. The molecule has 0 saturated carbocycles. The highest BCUT2D eigenvalue weighted by molar-refractivity contribution is 4.74. The van der Waals surface area contributed by atoms with Crippen molar-refractivity contribution in [2.75, 3.05) is 13.7 Å². The van der Waals surface area contributed by atoms with E-state index >= 15 is 0 Å². The lowest BCUT2D eigenvalue weighted by atomic mass is 9.92. The van der Waals surface area contributed by atoms with E-state index in [-0.39, 0.29) is 5.60 Å². The van der Waals surface area contributed by atoms with Gasteiger partial charge >= 0.3 is 0 Å². The van der Waals surface area contributed by atoms with Gasteiger partial charge in [0.25, 0.3) is 0 Å². The minimum atomic E-state index is 0.0265. The molecule has 0 amide bonds. The first kappa shape index (κ1) is 14.9. The highest BCUT2D eigenvalue weighted by Gasteiger charge is 2.19. The molecule has 0 heterocycles. The SMILES string of the molecule is CCCNC(C)C(C)CCC(C)(C)OC. The fourth-order valence-electron chi connectivity index (χ4n) is 1.50. The maximum atomic E-state index is 5.43. The average molecular weight is 215 g/mol. The van der Waals surface area contributed by atoms with Crippen molar-refractivity contribution in [2.45, 2.75) is 65.5 Å². The summed E-state index contributed by atoms with van der Waals surface area (Å²) in [6.45, 7) is 12.2. The van der Waals surface area contributed by atoms with E-state index in [0.717, 1.165) is 13.0 Å². The van der Waals surface area contributed by atoms with Crippen LogP contribution in [0, 0.1) is 5.92 Å². The monoisotopic (exact) mass is 215 g/mol. The normalized spacial score (nSPS) is 16.4. The van der Waals surface area contributed by atoms with Crippen LogP contribution >= 0.6 is 0 Å². The lowest BCUT2D eigenvalue weighted by molar-refractivity contribution is 0.00991. The molecule has 0 aliphatic heterocycles. The topological polar surface area (TPSA) is 21.3 Å². The quantitative estimate of drug-likeness (QED) is 0.671. The van der Waals surface area contributed by atoms with Gasteiger partial charge < -0.3 is 10.1 Å². The second-order valence-corrected chi connectivity index (χ2v) is 5.22. The van der Waals surface area contributed by atoms with Gasteiger partial charge in [-0.05, 0) is 52.5 Å². The minimum absolute atomic E-state index is 0.0265. The number of hydrogen-bond donors (Lipinski definition) is 1. The second-order valence-electron chi connectivity index (χ2n) is 5.22. The standard InChI is InChI=1S/C13H29NO/c1-7-10-14-12(3)11(2)8-9-13(4,5)15-6/h11-12,14H,7-10H2,1-6H3. The van der Waals surface area contributed by atoms with Crippen molar-refractivity contribution in [2.24, 2.45) is 5.92 Å². The zero-order valence-corrected chi connectivity index (χ0v) is 11.4. The zero-order valence-electron chi connectivity index (χ0n) is 11.4. The third-order valence-electron chi connectivity index (χ3n) is 3.32. The van der Waals surface area contributed by atoms with Gasteiger partial charge in [0.15, 0.2) is 0 Å². The Morgan fingerprint density at radius 1 is 1.27 bits per heavy atom. The molecule has 2 unspecified atom stereocenters. The van der Waals surface area contributed by atoms with Gasteiger partial charge in [0.1, 0.15) is 0 Å². The Labute approximate surface area is 95.8 Å². The number of nitrogens with one attached hydrogen (secondary N) is 1. The fraction of sp³-hybridized carbons (Fsp3) is 1.00. The Bertz CT molecular complexity index is 157. The lowest BCUT2D eigenvalue weighted by Gasteiger charge is -2.27. The van der Waals surface area contributed by atoms with Gasteiger partial charge in [0.2, 0.25) is 0 Å². The van der Waals surface area contributed by atoms with Gasteiger partial charge in [0.05, 0.1) is 5.60 Å². The molecule has 0 aliphatic carbocycles. The summed E-state index contributed by atoms with van der Waals surface area (Å²) in [7, 11) is 1.80. The summed E-state index contributed by atoms with van der Waals surface area (Å²) in [5, 5.41) is 3.55. The van der Waals surface area contributed by atoms with Crippen molar-refractivity contribution in [3.8, 4) is 0 Å². The molecule has 1 N–H and O–H groups in total. The number of hydrogen-bond acceptors (Lipinski definition) is 2. The average Bonchev–Trinajstić information content (AvgIpc) is 2.22. The van der Waals surface area contributed by atoms with E-state index in [4.69, 9.17) is 4.74 Å². The van der Waals surface area contributed by atoms with Crippen LogP contribution < -0.4 is 5.32 Å². The van der Waals surface area contributed by atoms with Crippen LogP contribution in [0.2, 0.25) is 0 Å². The summed E-state index contributed by atoms with van der Waals surface area (Å²) in [5.74, 6) is 0.714. The van der Waals surface area contributed by atoms with Crippen LogP contribution in [-0.2, 0) is 4.74 Å². The van der Waals surface area contributed by atoms with E-state index in [1.54, 1.807) is 7.11 Å². The van der Waals surface area contributed by atoms with E-state index in [9.17, 15) is 0 Å². The van der Waals surface area contributed by atoms with Gasteiger partial charge in [-0.2, -0.15) is 0 Å². The van der Waals surface area contributed by atoms with Crippen LogP contribution in [-0.4, -0.2) is 25.3 Å². The van der Waals surface area contributed by atoms with Crippen molar-refractivity contribution in [3.63, 3.8) is 0 Å². The molecule has 2 atom stereocenters. The Morgan fingerprint density at radius 2 is 1.87 bits per heavy atom. The summed E-state index contributed by atoms with van der Waals surface area (Å²) in [6, 6.07) is 0.609. The van der Waals surface area contributed by atoms with Gasteiger partial charge in [-0.3, -0.25) is 0 Å². The molecule has 0 bridgehead atoms. The summed E-state index contributed by atoms with van der Waals surface area (Å²) in [4.78, 5) is 0. The van der Waals surface area contributed by atoms with Crippen LogP contribution in [0.15, 0.2) is 0 Å². The molecule has 0 aromatic carbocycles. The van der Waals surface area contributed by atoms with Crippen LogP contribution in [0.5, 0.6) is 0 Å². The summed E-state index contributed by atoms with van der Waals surface area (Å²) in [5.41, 5.74) is 0.0265. The van der Waals surface area contributed by atoms with E-state index < -0.39 is 0 Å². The Hall–Kier alpha value is -0.0800. The van der Waals surface area contributed by atoms with Gasteiger partial charge in [0, 0.05) is 13.2 Å². The van der Waals surface area contributed by atoms with Crippen molar-refractivity contribution in [1.82, 2.24) is 5.32 Å². The van der Waals surface area contributed by atoms with Gasteiger partial charge in [-0.25, -0.2) is 0 Å². The Kier molecular flexibility index (Phi) is 7.20. The smallest absolute Gasteiger partial charge is 0.0622 e. The molecular formula is C13H29NO. The van der Waals surface area contributed by atoms with Crippen LogP contribution in [0.25, 0.3) is 0 Å². The third-order valence-corrected chi connectivity index (χ3v) is 3.32. The number of rotatable bonds is 8. The second kappa shape index (κ2) is 7.24. The molecule has 0 aromatic rings. The summed E-state index contributed by atoms with van der Waals surface area (Å²) < 4.78 is 5.43. The predicted molar refractivity (Wildman–Crippen MR) is 67.2 cm³/mol. The molecule has 0 saturated heterocycles. The van der Waals surface area contributed by atoms with E-state index in [0.29, 0.717) is 12.0 Å². The van der Waals surface area contributed by atoms with Crippen molar-refractivity contribution >= 4 is 0 Å². The fourth-order valence-corrected chi connectivity index (χ4v) is 1.50. The van der Waals surface area contributed by atoms with E-state index in [1.807, 2.05) is 0 Å². The molecule has 0 fully saturated rings. The summed E-state index contributed by atoms with van der Waals surface area (Å²) in [6.07, 6.45) is 3.56. The molecule has 15 heavy (non-hydrogen) atoms. The van der Waals surface area contributed by atoms with E-state index in [1.165, 1.54) is 12.8 Å². The molecule has 0 rings (SSSR count). The highest BCUT2D eigenvalue weighted by Crippen LogP contribution is 2.20. The molecular weight excluding hydrogens is 186 g/mol. The zero-order chi connectivity index (χ0) is 11.9. The van der Waals surface area contributed by atoms with Crippen LogP contribution in [0.4, 0.5) is 0 Å². The molecule has 92 valence electrons. The molecule has 0 aliphatic rings. The third kappa shape index (κ3) is 6.91. The first-order valence-electron chi connectivity index (χ1n) is 6.21. The number of methoxy groups -OCH3 is 1. The van der Waals surface area contributed by atoms with E-state index in [2.05, 4.69) is 39.9 Å². The Morgan fingerprint density at radius 3 is 2.33 bits per heavy atom. The van der Waals surface area contributed by atoms with Crippen LogP contribution in [0.1, 0.15) is 53.9 Å². The number of ether oxygens (including phenoxy) is 1. The highest BCUT2D eigenvalue weighted by atomic mass is 16.5. The minimum Gasteiger partial charge on any atom is -0.379 e. The predicted octanol–water partition coefficient (Wildman–Crippen LogP) is 3.22. The summed E-state index contributed by atoms with van der Waals surface area (Å²) >= 11 is 0. The molecule has 0 aromatic heterocycles. The molecule has 0 spiro atoms. The maximum Gasteiger partial charge on any atom is 0.0622 e. The van der Waals surface area contributed by atoms with Gasteiger partial charge in [-0.1, -0.05) is 13.8 Å². The van der Waals surface area contributed by atoms with Crippen LogP contribution in [0.3, 0.4) is 0 Å². The first-order valence-corrected chi connectivity index (χ1v) is 6.21. The molecule has 2 heteroatoms.